The lowest BCUT2D eigenvalue weighted by molar-refractivity contribution is -0.159. The molecule has 0 aromatic heterocycles. The van der Waals surface area contributed by atoms with E-state index in [9.17, 15) is 9.59 Å². The number of hydrogen-bond donors (Lipinski definition) is 0. The van der Waals surface area contributed by atoms with Gasteiger partial charge in [-0.1, -0.05) is 72.6 Å². The van der Waals surface area contributed by atoms with E-state index in [1.54, 1.807) is 0 Å². The van der Waals surface area contributed by atoms with Crippen molar-refractivity contribution in [1.82, 2.24) is 0 Å². The van der Waals surface area contributed by atoms with Crippen LogP contribution in [0.15, 0.2) is 0 Å². The van der Waals surface area contributed by atoms with Gasteiger partial charge in [-0.3, -0.25) is 9.59 Å². The highest BCUT2D eigenvalue weighted by Gasteiger charge is 2.19. The Labute approximate surface area is 142 Å². The second-order valence-electron chi connectivity index (χ2n) is 6.55. The van der Waals surface area contributed by atoms with Gasteiger partial charge in [0.1, 0.15) is 12.5 Å². The van der Waals surface area contributed by atoms with Crippen molar-refractivity contribution >= 4 is 11.9 Å². The first-order valence-electron chi connectivity index (χ1n) is 9.36. The van der Waals surface area contributed by atoms with Crippen molar-refractivity contribution in [2.75, 3.05) is 6.61 Å². The second kappa shape index (κ2) is 14.5. The molecule has 0 aliphatic heterocycles. The van der Waals surface area contributed by atoms with Crippen LogP contribution in [0.1, 0.15) is 91.9 Å². The minimum atomic E-state index is -0.480. The maximum Gasteiger partial charge on any atom is 0.317 e. The zero-order chi connectivity index (χ0) is 17.5. The third-order valence-electron chi connectivity index (χ3n) is 3.98. The van der Waals surface area contributed by atoms with Gasteiger partial charge in [0, 0.05) is 0 Å². The maximum absolute atomic E-state index is 11.7. The largest absolute Gasteiger partial charge is 0.465 e. The van der Waals surface area contributed by atoms with Crippen molar-refractivity contribution in [3.05, 3.63) is 0 Å². The van der Waals surface area contributed by atoms with Gasteiger partial charge in [0.2, 0.25) is 0 Å². The molecule has 1 unspecified atom stereocenters. The molecule has 136 valence electrons. The lowest BCUT2D eigenvalue weighted by Crippen LogP contribution is -2.24. The molecule has 0 aromatic carbocycles. The van der Waals surface area contributed by atoms with E-state index >= 15 is 0 Å². The van der Waals surface area contributed by atoms with E-state index in [1.165, 1.54) is 38.5 Å². The van der Waals surface area contributed by atoms with Crippen LogP contribution in [0.2, 0.25) is 0 Å². The summed E-state index contributed by atoms with van der Waals surface area (Å²) in [7, 11) is 0. The van der Waals surface area contributed by atoms with Crippen LogP contribution in [0.3, 0.4) is 0 Å². The number of ether oxygens (including phenoxy) is 2. The van der Waals surface area contributed by atoms with Gasteiger partial charge in [0.15, 0.2) is 0 Å². The third kappa shape index (κ3) is 13.1. The van der Waals surface area contributed by atoms with E-state index in [4.69, 9.17) is 9.47 Å². The van der Waals surface area contributed by atoms with Gasteiger partial charge in [-0.15, -0.1) is 0 Å². The summed E-state index contributed by atoms with van der Waals surface area (Å²) < 4.78 is 10.4. The van der Waals surface area contributed by atoms with Gasteiger partial charge in [-0.05, 0) is 18.8 Å². The molecular formula is C19H36O4. The Hall–Kier alpha value is -1.06. The molecule has 0 amide bonds. The predicted molar refractivity (Wildman–Crippen MR) is 93.2 cm³/mol. The summed E-state index contributed by atoms with van der Waals surface area (Å²) in [6.07, 6.45) is 9.98. The highest BCUT2D eigenvalue weighted by atomic mass is 16.6. The summed E-state index contributed by atoms with van der Waals surface area (Å²) in [5, 5.41) is 0. The van der Waals surface area contributed by atoms with Crippen LogP contribution in [0, 0.1) is 5.92 Å². The molecule has 1 atom stereocenters. The second-order valence-corrected chi connectivity index (χ2v) is 6.55. The highest BCUT2D eigenvalue weighted by molar-refractivity contribution is 5.91. The quantitative estimate of drug-likeness (QED) is 0.255. The van der Waals surface area contributed by atoms with Crippen molar-refractivity contribution in [2.45, 2.75) is 98.0 Å². The number of rotatable bonds is 14. The van der Waals surface area contributed by atoms with Crippen LogP contribution < -0.4 is 0 Å². The molecule has 0 aliphatic rings. The average Bonchev–Trinajstić information content (AvgIpc) is 2.50. The highest BCUT2D eigenvalue weighted by Crippen LogP contribution is 2.12. The van der Waals surface area contributed by atoms with E-state index < -0.39 is 11.9 Å². The topological polar surface area (TPSA) is 52.6 Å². The Morgan fingerprint density at radius 3 is 1.91 bits per heavy atom. The first-order chi connectivity index (χ1) is 11.0. The zero-order valence-electron chi connectivity index (χ0n) is 15.6. The molecule has 0 N–H and O–H groups in total. The van der Waals surface area contributed by atoms with Gasteiger partial charge in [-0.2, -0.15) is 0 Å². The summed E-state index contributed by atoms with van der Waals surface area (Å²) in [5.41, 5.74) is 0. The molecule has 0 fully saturated rings. The molecule has 4 heteroatoms. The lowest BCUT2D eigenvalue weighted by Gasteiger charge is -2.19. The van der Waals surface area contributed by atoms with Crippen molar-refractivity contribution in [2.24, 2.45) is 5.92 Å². The number of esters is 2. The summed E-state index contributed by atoms with van der Waals surface area (Å²) in [6, 6.07) is 0. The van der Waals surface area contributed by atoms with Crippen LogP contribution >= 0.6 is 0 Å². The van der Waals surface area contributed by atoms with Crippen molar-refractivity contribution in [1.29, 1.82) is 0 Å². The standard InChI is InChI=1S/C19H36O4/c1-5-7-8-9-10-11-12-13-14-22-18(20)15-19(21)23-17(6-2)16(3)4/h16-17H,5-15H2,1-4H3. The molecule has 0 rings (SSSR count). The normalized spacial score (nSPS) is 12.2. The van der Waals surface area contributed by atoms with Crippen molar-refractivity contribution in [3.8, 4) is 0 Å². The maximum atomic E-state index is 11.7. The fraction of sp³-hybridized carbons (Fsp3) is 0.895. The van der Waals surface area contributed by atoms with Crippen molar-refractivity contribution < 1.29 is 19.1 Å². The van der Waals surface area contributed by atoms with Crippen LogP contribution in [0.4, 0.5) is 0 Å². The molecule has 0 saturated carbocycles. The predicted octanol–water partition coefficient (Wildman–Crippen LogP) is 5.04. The molecular weight excluding hydrogens is 292 g/mol. The molecule has 0 radical (unpaired) electrons. The fourth-order valence-electron chi connectivity index (χ4n) is 2.49. The number of carbonyl (C=O) groups excluding carboxylic acids is 2. The van der Waals surface area contributed by atoms with Crippen LogP contribution in [0.25, 0.3) is 0 Å². The molecule has 0 aromatic rings. The monoisotopic (exact) mass is 328 g/mol. The minimum absolute atomic E-state index is 0.122. The third-order valence-corrected chi connectivity index (χ3v) is 3.98. The minimum Gasteiger partial charge on any atom is -0.465 e. The van der Waals surface area contributed by atoms with Gasteiger partial charge in [-0.25, -0.2) is 0 Å². The Kier molecular flexibility index (Phi) is 13.9. The van der Waals surface area contributed by atoms with Crippen LogP contribution in [-0.4, -0.2) is 24.6 Å². The van der Waals surface area contributed by atoms with Gasteiger partial charge in [0.25, 0.3) is 0 Å². The molecule has 4 nitrogen and oxygen atoms in total. The summed E-state index contributed by atoms with van der Waals surface area (Å²) in [4.78, 5) is 23.2. The van der Waals surface area contributed by atoms with E-state index in [-0.39, 0.29) is 18.4 Å². The molecule has 23 heavy (non-hydrogen) atoms. The van der Waals surface area contributed by atoms with E-state index in [1.807, 2.05) is 20.8 Å². The lowest BCUT2D eigenvalue weighted by atomic mass is 10.1. The van der Waals surface area contributed by atoms with Gasteiger partial charge in [0.05, 0.1) is 6.61 Å². The van der Waals surface area contributed by atoms with E-state index in [2.05, 4.69) is 6.92 Å². The molecule has 0 bridgehead atoms. The number of hydrogen-bond acceptors (Lipinski definition) is 4. The number of carbonyl (C=O) groups is 2. The van der Waals surface area contributed by atoms with E-state index in [0.717, 1.165) is 19.3 Å². The molecule has 0 heterocycles. The Morgan fingerprint density at radius 1 is 0.826 bits per heavy atom. The summed E-state index contributed by atoms with van der Waals surface area (Å²) in [5.74, 6) is -0.694. The molecule has 0 aliphatic carbocycles. The van der Waals surface area contributed by atoms with Crippen LogP contribution in [-0.2, 0) is 19.1 Å². The number of unbranched alkanes of at least 4 members (excludes halogenated alkanes) is 7. The molecule has 0 saturated heterocycles. The smallest absolute Gasteiger partial charge is 0.317 e. The first-order valence-corrected chi connectivity index (χ1v) is 9.36. The Balaban J connectivity index is 3.58. The fourth-order valence-corrected chi connectivity index (χ4v) is 2.49. The summed E-state index contributed by atoms with van der Waals surface area (Å²) in [6.45, 7) is 8.60. The summed E-state index contributed by atoms with van der Waals surface area (Å²) >= 11 is 0. The average molecular weight is 328 g/mol. The Bertz CT molecular complexity index is 312. The van der Waals surface area contributed by atoms with Gasteiger partial charge >= 0.3 is 11.9 Å². The Morgan fingerprint density at radius 2 is 1.39 bits per heavy atom. The molecule has 0 spiro atoms. The van der Waals surface area contributed by atoms with Crippen molar-refractivity contribution in [3.63, 3.8) is 0 Å². The first kappa shape index (κ1) is 21.9. The van der Waals surface area contributed by atoms with Crippen LogP contribution in [0.5, 0.6) is 0 Å². The zero-order valence-corrected chi connectivity index (χ0v) is 15.6. The van der Waals surface area contributed by atoms with Gasteiger partial charge < -0.3 is 9.47 Å². The SMILES string of the molecule is CCCCCCCCCCOC(=O)CC(=O)OC(CC)C(C)C. The van der Waals surface area contributed by atoms with E-state index in [0.29, 0.717) is 6.61 Å².